The first-order valence-electron chi connectivity index (χ1n) is 9.91. The summed E-state index contributed by atoms with van der Waals surface area (Å²) in [7, 11) is 0. The molecule has 0 N–H and O–H groups in total. The Bertz CT molecular complexity index is 1340. The number of allylic oxidation sites excluding steroid dienone is 1. The van der Waals surface area contributed by atoms with Crippen LogP contribution in [0.5, 0.6) is 5.75 Å². The summed E-state index contributed by atoms with van der Waals surface area (Å²) < 4.78 is 6.81. The van der Waals surface area contributed by atoms with Gasteiger partial charge < -0.3 is 4.74 Å². The summed E-state index contributed by atoms with van der Waals surface area (Å²) in [4.78, 5) is 25.2. The van der Waals surface area contributed by atoms with E-state index in [9.17, 15) is 9.59 Å². The molecular formula is C27H17BrO3. The molecule has 4 aromatic rings. The van der Waals surface area contributed by atoms with Crippen molar-refractivity contribution in [3.8, 4) is 5.75 Å². The number of rotatable bonds is 4. The van der Waals surface area contributed by atoms with Crippen molar-refractivity contribution in [1.82, 2.24) is 0 Å². The van der Waals surface area contributed by atoms with Gasteiger partial charge in [-0.2, -0.15) is 0 Å². The Hall–Kier alpha value is -3.50. The molecule has 0 aliphatic heterocycles. The molecule has 0 atom stereocenters. The highest BCUT2D eigenvalue weighted by atomic mass is 79.9. The zero-order valence-electron chi connectivity index (χ0n) is 16.5. The van der Waals surface area contributed by atoms with Crippen LogP contribution in [0.3, 0.4) is 0 Å². The second-order valence-electron chi connectivity index (χ2n) is 7.38. The van der Waals surface area contributed by atoms with Crippen LogP contribution < -0.4 is 4.74 Å². The average molecular weight is 469 g/mol. The van der Waals surface area contributed by atoms with Crippen LogP contribution in [0.2, 0.25) is 0 Å². The number of halogens is 1. The SMILES string of the molecule is O=C1C(=Cc2ccc(OCc3cccc4ccccc34)c(Br)c2)C(=O)c2ccccc21. The molecule has 0 bridgehead atoms. The first-order valence-corrected chi connectivity index (χ1v) is 10.7. The van der Waals surface area contributed by atoms with Gasteiger partial charge >= 0.3 is 0 Å². The van der Waals surface area contributed by atoms with E-state index in [2.05, 4.69) is 40.2 Å². The predicted octanol–water partition coefficient (Wildman–Crippen LogP) is 6.64. The van der Waals surface area contributed by atoms with Crippen molar-refractivity contribution in [3.63, 3.8) is 0 Å². The second kappa shape index (κ2) is 7.97. The number of benzene rings is 4. The van der Waals surface area contributed by atoms with Crippen molar-refractivity contribution in [2.45, 2.75) is 6.61 Å². The first-order chi connectivity index (χ1) is 15.1. The molecule has 0 heterocycles. The molecule has 0 aromatic heterocycles. The number of hydrogen-bond acceptors (Lipinski definition) is 3. The van der Waals surface area contributed by atoms with E-state index < -0.39 is 0 Å². The average Bonchev–Trinajstić information content (AvgIpc) is 3.03. The molecule has 0 fully saturated rings. The molecule has 0 unspecified atom stereocenters. The highest BCUT2D eigenvalue weighted by Gasteiger charge is 2.32. The van der Waals surface area contributed by atoms with Crippen LogP contribution in [0.15, 0.2) is 95.0 Å². The third kappa shape index (κ3) is 3.60. The van der Waals surface area contributed by atoms with E-state index in [1.54, 1.807) is 30.3 Å². The van der Waals surface area contributed by atoms with Crippen molar-refractivity contribution in [2.24, 2.45) is 0 Å². The quantitative estimate of drug-likeness (QED) is 0.249. The van der Waals surface area contributed by atoms with Crippen molar-refractivity contribution >= 4 is 44.3 Å². The molecule has 0 saturated carbocycles. The number of fused-ring (bicyclic) bond motifs is 2. The van der Waals surface area contributed by atoms with Crippen LogP contribution in [0.25, 0.3) is 16.8 Å². The molecule has 0 amide bonds. The van der Waals surface area contributed by atoms with Crippen molar-refractivity contribution in [3.05, 3.63) is 117 Å². The largest absolute Gasteiger partial charge is 0.488 e. The molecule has 4 heteroatoms. The Labute approximate surface area is 188 Å². The zero-order valence-corrected chi connectivity index (χ0v) is 18.1. The maximum absolute atomic E-state index is 12.6. The maximum Gasteiger partial charge on any atom is 0.197 e. The summed E-state index contributed by atoms with van der Waals surface area (Å²) >= 11 is 3.55. The Kier molecular flexibility index (Phi) is 5.00. The molecule has 0 radical (unpaired) electrons. The van der Waals surface area contributed by atoms with Gasteiger partial charge in [-0.1, -0.05) is 72.8 Å². The summed E-state index contributed by atoms with van der Waals surface area (Å²) in [6.45, 7) is 0.437. The van der Waals surface area contributed by atoms with Crippen LogP contribution in [-0.2, 0) is 6.61 Å². The van der Waals surface area contributed by atoms with E-state index in [4.69, 9.17) is 4.74 Å². The van der Waals surface area contributed by atoms with Crippen molar-refractivity contribution in [2.75, 3.05) is 0 Å². The molecule has 3 nitrogen and oxygen atoms in total. The van der Waals surface area contributed by atoms with E-state index in [1.165, 1.54) is 10.8 Å². The topological polar surface area (TPSA) is 43.4 Å². The first kappa shape index (κ1) is 19.5. The standard InChI is InChI=1S/C27H17BrO3/c28-24-15-17(14-23-26(29)21-10-3-4-11-22(21)27(23)30)12-13-25(24)31-16-19-8-5-7-18-6-1-2-9-20(18)19/h1-15H,16H2. The fraction of sp³-hybridized carbons (Fsp3) is 0.0370. The third-order valence-electron chi connectivity index (χ3n) is 5.44. The predicted molar refractivity (Wildman–Crippen MR) is 126 cm³/mol. The number of hydrogen-bond donors (Lipinski definition) is 0. The lowest BCUT2D eigenvalue weighted by molar-refractivity contribution is 0.0990. The molecule has 1 aliphatic carbocycles. The van der Waals surface area contributed by atoms with Crippen LogP contribution >= 0.6 is 15.9 Å². The van der Waals surface area contributed by atoms with Gasteiger partial charge in [-0.3, -0.25) is 9.59 Å². The Morgan fingerprint density at radius 1 is 0.774 bits per heavy atom. The monoisotopic (exact) mass is 468 g/mol. The van der Waals surface area contributed by atoms with E-state index >= 15 is 0 Å². The lowest BCUT2D eigenvalue weighted by atomic mass is 10.1. The Balaban J connectivity index is 1.38. The van der Waals surface area contributed by atoms with Crippen molar-refractivity contribution < 1.29 is 14.3 Å². The highest BCUT2D eigenvalue weighted by Crippen LogP contribution is 2.31. The van der Waals surface area contributed by atoms with E-state index in [1.807, 2.05) is 36.4 Å². The van der Waals surface area contributed by atoms with Gasteiger partial charge in [0.1, 0.15) is 12.4 Å². The smallest absolute Gasteiger partial charge is 0.197 e. The van der Waals surface area contributed by atoms with Gasteiger partial charge in [0.05, 0.1) is 10.0 Å². The van der Waals surface area contributed by atoms with Gasteiger partial charge in [0.25, 0.3) is 0 Å². The summed E-state index contributed by atoms with van der Waals surface area (Å²) in [5.41, 5.74) is 2.99. The fourth-order valence-electron chi connectivity index (χ4n) is 3.87. The molecule has 150 valence electrons. The van der Waals surface area contributed by atoms with Gasteiger partial charge in [-0.15, -0.1) is 0 Å². The number of carbonyl (C=O) groups excluding carboxylic acids is 2. The molecule has 0 spiro atoms. The minimum absolute atomic E-state index is 0.192. The number of ether oxygens (including phenoxy) is 1. The molecule has 1 aliphatic rings. The highest BCUT2D eigenvalue weighted by molar-refractivity contribution is 9.10. The minimum Gasteiger partial charge on any atom is -0.488 e. The molecule has 31 heavy (non-hydrogen) atoms. The summed E-state index contributed by atoms with van der Waals surface area (Å²) in [6.07, 6.45) is 1.64. The molecule has 0 saturated heterocycles. The summed E-state index contributed by atoms with van der Waals surface area (Å²) in [6, 6.07) is 26.9. The van der Waals surface area contributed by atoms with Gasteiger partial charge in [-0.05, 0) is 56.0 Å². The second-order valence-corrected chi connectivity index (χ2v) is 8.23. The summed E-state index contributed by atoms with van der Waals surface area (Å²) in [5.74, 6) is 0.239. The zero-order chi connectivity index (χ0) is 21.4. The van der Waals surface area contributed by atoms with Gasteiger partial charge in [0.15, 0.2) is 11.6 Å². The van der Waals surface area contributed by atoms with Gasteiger partial charge in [0, 0.05) is 11.1 Å². The number of carbonyl (C=O) groups is 2. The Morgan fingerprint density at radius 2 is 1.45 bits per heavy atom. The Morgan fingerprint density at radius 3 is 2.19 bits per heavy atom. The number of Topliss-reactive ketones (excluding diaryl/α,β-unsaturated/α-hetero) is 2. The van der Waals surface area contributed by atoms with Crippen LogP contribution in [0.1, 0.15) is 31.8 Å². The van der Waals surface area contributed by atoms with E-state index in [0.717, 1.165) is 15.6 Å². The van der Waals surface area contributed by atoms with Gasteiger partial charge in [0.2, 0.25) is 0 Å². The molecule has 5 rings (SSSR count). The fourth-order valence-corrected chi connectivity index (χ4v) is 4.38. The van der Waals surface area contributed by atoms with Gasteiger partial charge in [-0.25, -0.2) is 0 Å². The van der Waals surface area contributed by atoms with E-state index in [-0.39, 0.29) is 17.1 Å². The summed E-state index contributed by atoms with van der Waals surface area (Å²) in [5, 5.41) is 2.34. The number of ketones is 2. The normalized spacial score (nSPS) is 12.9. The van der Waals surface area contributed by atoms with Crippen LogP contribution in [-0.4, -0.2) is 11.6 Å². The lowest BCUT2D eigenvalue weighted by Crippen LogP contribution is -2.00. The van der Waals surface area contributed by atoms with Crippen LogP contribution in [0, 0.1) is 0 Å². The van der Waals surface area contributed by atoms with Crippen molar-refractivity contribution in [1.29, 1.82) is 0 Å². The minimum atomic E-state index is -0.229. The molecule has 4 aromatic carbocycles. The van der Waals surface area contributed by atoms with Crippen LogP contribution in [0.4, 0.5) is 0 Å². The third-order valence-corrected chi connectivity index (χ3v) is 6.06. The lowest BCUT2D eigenvalue weighted by Gasteiger charge is -2.11. The molecular weight excluding hydrogens is 452 g/mol. The van der Waals surface area contributed by atoms with E-state index in [0.29, 0.717) is 23.5 Å². The maximum atomic E-state index is 12.6.